The van der Waals surface area contributed by atoms with Crippen LogP contribution in [0.25, 0.3) is 10.8 Å². The van der Waals surface area contributed by atoms with Gasteiger partial charge < -0.3 is 19.7 Å². The van der Waals surface area contributed by atoms with E-state index in [0.29, 0.717) is 17.8 Å². The molecular formula is C16H22BNO3. The maximum Gasteiger partial charge on any atom is 0.492 e. The number of rotatable bonds is 7. The fourth-order valence-corrected chi connectivity index (χ4v) is 2.49. The molecule has 2 rings (SSSR count). The third-order valence-electron chi connectivity index (χ3n) is 3.75. The summed E-state index contributed by atoms with van der Waals surface area (Å²) in [6.45, 7) is 7.53. The van der Waals surface area contributed by atoms with Crippen LogP contribution in [0, 0.1) is 0 Å². The van der Waals surface area contributed by atoms with E-state index < -0.39 is 7.12 Å². The SMILES string of the molecule is CCN(CC)CCOc1ccc2ccccc2c1B(O)O. The second-order valence-corrected chi connectivity index (χ2v) is 4.95. The Morgan fingerprint density at radius 1 is 1.05 bits per heavy atom. The summed E-state index contributed by atoms with van der Waals surface area (Å²) in [5.74, 6) is 0.538. The van der Waals surface area contributed by atoms with Gasteiger partial charge in [-0.1, -0.05) is 44.2 Å². The second kappa shape index (κ2) is 7.45. The average molecular weight is 287 g/mol. The zero-order valence-corrected chi connectivity index (χ0v) is 12.6. The molecule has 0 fully saturated rings. The van der Waals surface area contributed by atoms with Crippen LogP contribution < -0.4 is 10.2 Å². The zero-order valence-electron chi connectivity index (χ0n) is 12.6. The lowest BCUT2D eigenvalue weighted by atomic mass is 9.76. The van der Waals surface area contributed by atoms with Gasteiger partial charge in [-0.15, -0.1) is 0 Å². The first-order chi connectivity index (χ1) is 10.2. The second-order valence-electron chi connectivity index (χ2n) is 4.95. The standard InChI is InChI=1S/C16H22BNO3/c1-3-18(4-2)11-12-21-15-10-9-13-7-5-6-8-14(13)16(15)17(19)20/h5-10,19-20H,3-4,11-12H2,1-2H3. The molecule has 21 heavy (non-hydrogen) atoms. The Kier molecular flexibility index (Phi) is 5.62. The van der Waals surface area contributed by atoms with E-state index in [-0.39, 0.29) is 0 Å². The van der Waals surface area contributed by atoms with Crippen LogP contribution in [-0.4, -0.2) is 48.3 Å². The summed E-state index contributed by atoms with van der Waals surface area (Å²) in [6.07, 6.45) is 0. The first kappa shape index (κ1) is 15.8. The molecule has 0 bridgehead atoms. The quantitative estimate of drug-likeness (QED) is 0.752. The van der Waals surface area contributed by atoms with Crippen LogP contribution in [0.4, 0.5) is 0 Å². The summed E-state index contributed by atoms with van der Waals surface area (Å²) >= 11 is 0. The van der Waals surface area contributed by atoms with Crippen LogP contribution in [0.1, 0.15) is 13.8 Å². The van der Waals surface area contributed by atoms with E-state index in [0.717, 1.165) is 30.4 Å². The molecule has 0 aliphatic carbocycles. The fraction of sp³-hybridized carbons (Fsp3) is 0.375. The summed E-state index contributed by atoms with van der Waals surface area (Å²) in [6, 6.07) is 11.4. The van der Waals surface area contributed by atoms with Gasteiger partial charge in [-0.2, -0.15) is 0 Å². The highest BCUT2D eigenvalue weighted by Crippen LogP contribution is 2.19. The number of benzene rings is 2. The maximum atomic E-state index is 9.67. The molecule has 2 aromatic carbocycles. The molecule has 2 N–H and O–H groups in total. The minimum atomic E-state index is -1.54. The van der Waals surface area contributed by atoms with Crippen molar-refractivity contribution in [1.29, 1.82) is 0 Å². The minimum Gasteiger partial charge on any atom is -0.493 e. The molecule has 0 amide bonds. The molecule has 2 aromatic rings. The van der Waals surface area contributed by atoms with Crippen LogP contribution in [0.3, 0.4) is 0 Å². The highest BCUT2D eigenvalue weighted by Gasteiger charge is 2.20. The summed E-state index contributed by atoms with van der Waals surface area (Å²) in [5.41, 5.74) is 0.438. The summed E-state index contributed by atoms with van der Waals surface area (Å²) in [5, 5.41) is 21.1. The molecular weight excluding hydrogens is 265 g/mol. The van der Waals surface area contributed by atoms with E-state index in [2.05, 4.69) is 18.7 Å². The molecule has 0 atom stereocenters. The molecule has 0 radical (unpaired) electrons. The van der Waals surface area contributed by atoms with Crippen molar-refractivity contribution in [1.82, 2.24) is 4.90 Å². The molecule has 0 heterocycles. The molecule has 0 saturated carbocycles. The van der Waals surface area contributed by atoms with E-state index in [4.69, 9.17) is 4.74 Å². The highest BCUT2D eigenvalue weighted by molar-refractivity contribution is 6.63. The average Bonchev–Trinajstić information content (AvgIpc) is 2.50. The summed E-state index contributed by atoms with van der Waals surface area (Å²) in [4.78, 5) is 2.26. The number of ether oxygens (including phenoxy) is 1. The topological polar surface area (TPSA) is 52.9 Å². The van der Waals surface area contributed by atoms with E-state index in [9.17, 15) is 10.0 Å². The van der Waals surface area contributed by atoms with Gasteiger partial charge in [-0.3, -0.25) is 0 Å². The first-order valence-corrected chi connectivity index (χ1v) is 7.40. The van der Waals surface area contributed by atoms with Crippen molar-refractivity contribution in [3.05, 3.63) is 36.4 Å². The van der Waals surface area contributed by atoms with Crippen LogP contribution in [0.15, 0.2) is 36.4 Å². The Labute approximate surface area is 126 Å². The van der Waals surface area contributed by atoms with E-state index in [1.165, 1.54) is 0 Å². The van der Waals surface area contributed by atoms with Gasteiger partial charge in [0, 0.05) is 12.0 Å². The maximum absolute atomic E-state index is 9.67. The number of hydrogen-bond donors (Lipinski definition) is 2. The predicted molar refractivity (Wildman–Crippen MR) is 87.1 cm³/mol. The van der Waals surface area contributed by atoms with Crippen molar-refractivity contribution < 1.29 is 14.8 Å². The lowest BCUT2D eigenvalue weighted by molar-refractivity contribution is 0.223. The predicted octanol–water partition coefficient (Wildman–Crippen LogP) is 1.24. The lowest BCUT2D eigenvalue weighted by Gasteiger charge is -2.19. The van der Waals surface area contributed by atoms with Crippen LogP contribution in [0.5, 0.6) is 5.75 Å². The minimum absolute atomic E-state index is 0.438. The van der Waals surface area contributed by atoms with E-state index >= 15 is 0 Å². The van der Waals surface area contributed by atoms with Crippen molar-refractivity contribution in [2.45, 2.75) is 13.8 Å². The van der Waals surface area contributed by atoms with Crippen molar-refractivity contribution >= 4 is 23.4 Å². The smallest absolute Gasteiger partial charge is 0.492 e. The Bertz CT molecular complexity index is 585. The Morgan fingerprint density at radius 3 is 2.43 bits per heavy atom. The van der Waals surface area contributed by atoms with Crippen LogP contribution >= 0.6 is 0 Å². The number of fused-ring (bicyclic) bond motifs is 1. The van der Waals surface area contributed by atoms with Crippen molar-refractivity contribution in [3.8, 4) is 5.75 Å². The summed E-state index contributed by atoms with van der Waals surface area (Å²) in [7, 11) is -1.54. The van der Waals surface area contributed by atoms with Gasteiger partial charge in [-0.25, -0.2) is 0 Å². The normalized spacial score (nSPS) is 11.1. The molecule has 0 spiro atoms. The Hall–Kier alpha value is -1.56. The molecule has 0 saturated heterocycles. The molecule has 0 aliphatic rings. The summed E-state index contributed by atoms with van der Waals surface area (Å²) < 4.78 is 5.78. The molecule has 112 valence electrons. The van der Waals surface area contributed by atoms with Gasteiger partial charge in [0.2, 0.25) is 0 Å². The van der Waals surface area contributed by atoms with E-state index in [1.54, 1.807) is 6.07 Å². The van der Waals surface area contributed by atoms with Gasteiger partial charge in [-0.05, 0) is 29.9 Å². The third kappa shape index (κ3) is 3.76. The van der Waals surface area contributed by atoms with Gasteiger partial charge >= 0.3 is 7.12 Å². The zero-order chi connectivity index (χ0) is 15.2. The molecule has 0 aliphatic heterocycles. The lowest BCUT2D eigenvalue weighted by Crippen LogP contribution is -2.34. The van der Waals surface area contributed by atoms with Gasteiger partial charge in [0.1, 0.15) is 12.4 Å². The Balaban J connectivity index is 2.21. The first-order valence-electron chi connectivity index (χ1n) is 7.40. The van der Waals surface area contributed by atoms with Crippen LogP contribution in [-0.2, 0) is 0 Å². The Morgan fingerprint density at radius 2 is 1.76 bits per heavy atom. The molecule has 0 unspecified atom stereocenters. The van der Waals surface area contributed by atoms with Crippen molar-refractivity contribution in [2.24, 2.45) is 0 Å². The number of likely N-dealkylation sites (N-methyl/N-ethyl adjacent to an activating group) is 1. The highest BCUT2D eigenvalue weighted by atomic mass is 16.5. The number of hydrogen-bond acceptors (Lipinski definition) is 4. The molecule has 0 aromatic heterocycles. The van der Waals surface area contributed by atoms with Crippen LogP contribution in [0.2, 0.25) is 0 Å². The van der Waals surface area contributed by atoms with Crippen molar-refractivity contribution in [3.63, 3.8) is 0 Å². The van der Waals surface area contributed by atoms with Gasteiger partial charge in [0.25, 0.3) is 0 Å². The van der Waals surface area contributed by atoms with Gasteiger partial charge in [0.15, 0.2) is 0 Å². The van der Waals surface area contributed by atoms with Gasteiger partial charge in [0.05, 0.1) is 0 Å². The fourth-order valence-electron chi connectivity index (χ4n) is 2.49. The molecule has 5 heteroatoms. The van der Waals surface area contributed by atoms with E-state index in [1.807, 2.05) is 30.3 Å². The monoisotopic (exact) mass is 287 g/mol. The third-order valence-corrected chi connectivity index (χ3v) is 3.75. The largest absolute Gasteiger partial charge is 0.493 e. The molecule has 4 nitrogen and oxygen atoms in total. The number of nitrogens with zero attached hydrogens (tertiary/aromatic N) is 1. The van der Waals surface area contributed by atoms with Crippen molar-refractivity contribution in [2.75, 3.05) is 26.2 Å².